The third-order valence-corrected chi connectivity index (χ3v) is 23.0. The first-order chi connectivity index (χ1) is 57.9. The molecule has 0 spiro atoms. The van der Waals surface area contributed by atoms with Crippen molar-refractivity contribution in [2.75, 3.05) is 72.7 Å². The Balaban J connectivity index is 0.650. The largest absolute Gasteiger partial charge is 0.394 e. The topological polar surface area (TPSA) is 902 Å². The Kier molecular flexibility index (Phi) is 35.7. The fraction of sp³-hybridized carbons (Fsp3) is 1.00. The molecular formula is C66H112O56. The molecule has 11 rings (SSSR count). The van der Waals surface area contributed by atoms with E-state index < -0.39 is 410 Å². The van der Waals surface area contributed by atoms with Gasteiger partial charge in [0.05, 0.1) is 72.7 Å². The highest BCUT2D eigenvalue weighted by atomic mass is 16.8. The van der Waals surface area contributed by atoms with Gasteiger partial charge >= 0.3 is 0 Å². The van der Waals surface area contributed by atoms with E-state index in [4.69, 9.17) is 99.5 Å². The highest BCUT2D eigenvalue weighted by Gasteiger charge is 2.62. The molecule has 0 aliphatic carbocycles. The van der Waals surface area contributed by atoms with Crippen LogP contribution >= 0.6 is 0 Å². The summed E-state index contributed by atoms with van der Waals surface area (Å²) in [7, 11) is 0. The molecule has 712 valence electrons. The van der Waals surface area contributed by atoms with E-state index in [0.717, 1.165) is 0 Å². The first-order valence-corrected chi connectivity index (χ1v) is 38.7. The summed E-state index contributed by atoms with van der Waals surface area (Å²) in [5.74, 6) is 0. The zero-order valence-corrected chi connectivity index (χ0v) is 63.8. The number of ether oxygens (including phenoxy) is 21. The van der Waals surface area contributed by atoms with Crippen LogP contribution in [0.2, 0.25) is 0 Å². The van der Waals surface area contributed by atoms with Crippen LogP contribution in [0.15, 0.2) is 0 Å². The molecule has 11 fully saturated rings. The molecule has 122 heavy (non-hydrogen) atoms. The molecule has 56 heteroatoms. The molecule has 11 heterocycles. The minimum atomic E-state index is -2.34. The zero-order chi connectivity index (χ0) is 89.4. The molecule has 0 aromatic carbocycles. The summed E-state index contributed by atoms with van der Waals surface area (Å²) in [6, 6.07) is 0. The van der Waals surface area contributed by atoms with E-state index in [1.807, 2.05) is 0 Å². The average molecular weight is 1800 g/mol. The van der Waals surface area contributed by atoms with Crippen molar-refractivity contribution in [2.24, 2.45) is 0 Å². The lowest BCUT2D eigenvalue weighted by Crippen LogP contribution is -2.68. The summed E-state index contributed by atoms with van der Waals surface area (Å²) in [5.41, 5.74) is 0. The van der Waals surface area contributed by atoms with Crippen molar-refractivity contribution in [2.45, 2.75) is 338 Å². The van der Waals surface area contributed by atoms with E-state index in [1.165, 1.54) is 0 Å². The van der Waals surface area contributed by atoms with Gasteiger partial charge in [0, 0.05) is 0 Å². The Morgan fingerprint density at radius 2 is 0.238 bits per heavy atom. The molecule has 0 aromatic heterocycles. The third kappa shape index (κ3) is 20.5. The second kappa shape index (κ2) is 43.4. The first kappa shape index (κ1) is 100. The highest BCUT2D eigenvalue weighted by molar-refractivity contribution is 5.04. The van der Waals surface area contributed by atoms with Crippen LogP contribution in [0.4, 0.5) is 0 Å². The van der Waals surface area contributed by atoms with Gasteiger partial charge in [-0.05, 0) is 0 Å². The second-order valence-corrected chi connectivity index (χ2v) is 30.8. The van der Waals surface area contributed by atoms with Crippen molar-refractivity contribution >= 4 is 0 Å². The van der Waals surface area contributed by atoms with Crippen molar-refractivity contribution in [1.82, 2.24) is 0 Å². The van der Waals surface area contributed by atoms with Gasteiger partial charge in [0.25, 0.3) is 0 Å². The summed E-state index contributed by atoms with van der Waals surface area (Å²) in [5, 5.41) is 379. The van der Waals surface area contributed by atoms with E-state index in [0.29, 0.717) is 0 Å². The molecule has 0 bridgehead atoms. The molecule has 0 aromatic rings. The monoisotopic (exact) mass is 1800 g/mol. The molecule has 0 saturated carbocycles. The smallest absolute Gasteiger partial charge is 0.187 e. The third-order valence-electron chi connectivity index (χ3n) is 23.0. The molecule has 35 N–H and O–H groups in total. The van der Waals surface area contributed by atoms with E-state index in [-0.39, 0.29) is 0 Å². The summed E-state index contributed by atoms with van der Waals surface area (Å²) in [4.78, 5) is 0. The number of hydrogen-bond acceptors (Lipinski definition) is 56. The molecular weight excluding hydrogens is 1690 g/mol. The Labute approximate surface area is 687 Å². The fourth-order valence-electron chi connectivity index (χ4n) is 16.0. The lowest BCUT2D eigenvalue weighted by atomic mass is 9.95. The van der Waals surface area contributed by atoms with Crippen LogP contribution in [0, 0.1) is 0 Å². The maximum atomic E-state index is 11.5. The Morgan fingerprint density at radius 1 is 0.123 bits per heavy atom. The maximum Gasteiger partial charge on any atom is 0.187 e. The zero-order valence-electron chi connectivity index (χ0n) is 63.8. The SMILES string of the molecule is OC[C@H]1O[C@H](O[C@H]2[C@H](O)[C@@H](O)[C@@H](O[C@H]3[C@H](O)[C@@H](O)[C@@H](O[C@H]4[C@H](O)[C@@H](O)[C@@H](O[C@H]5[C@H](O)[C@@H](O)[C@@H](O[C@H]6[C@H](O)[C@@H](O)[C@@H](O[C@H]7[C@H](O)[C@@H](O)[C@@H](O[C@H]8[C@H](O)[C@@H](O)[C@@H](O[C@H]9[C@H](O)[C@@H](O)[C@@H](O[C@H]%10[C@H](O)[C@@H](O)[C@@H](O[C@H]%11[C@H](O)[C@@H](O)C(O)O[C@@H]%11CO)O[C@@H]%10CO)O[C@@H]9CO)O[C@@H]8CO)O[C@@H]7CO)O[C@@H]6CO)O[C@@H]5CO)O[C@@H]4CO)O[C@@H]3CO)O[C@@H]2CO)[C@H](O)[C@@H](O)[C@@H]1O. The first-order valence-electron chi connectivity index (χ1n) is 38.7. The Hall–Kier alpha value is -2.24. The van der Waals surface area contributed by atoms with Gasteiger partial charge in [0.15, 0.2) is 69.2 Å². The Morgan fingerprint density at radius 3 is 0.377 bits per heavy atom. The van der Waals surface area contributed by atoms with E-state index in [9.17, 15) is 179 Å². The molecule has 55 atom stereocenters. The van der Waals surface area contributed by atoms with Crippen molar-refractivity contribution in [3.63, 3.8) is 0 Å². The van der Waals surface area contributed by atoms with E-state index in [2.05, 4.69) is 0 Å². The lowest BCUT2D eigenvalue weighted by molar-refractivity contribution is -0.401. The second-order valence-electron chi connectivity index (χ2n) is 30.8. The predicted octanol–water partition coefficient (Wildman–Crippen LogP) is -25.0. The van der Waals surface area contributed by atoms with Crippen molar-refractivity contribution < 1.29 is 278 Å². The standard InChI is InChI=1S/C66H112O56/c67-1-12-23(78)24(79)36(91)57(103-12)114-47-14(3-69)105-59(38(93)26(47)81)116-49-16(5-71)107-61(40(95)28(49)83)118-51-18(7-73)109-63(42(97)30(51)85)120-53-20(9-75)111-65(44(99)32(53)87)122-55-22(11-77)112-66(45(100)34(55)89)121-54-21(10-76)110-64(43(98)33(54)88)119-52-19(8-74)108-62(41(96)31(52)86)117-50-17(6-72)106-60(39(94)29(50)84)115-48-15(4-70)104-58(37(92)27(48)82)113-46-13(2-68)102-56(101)35(90)25(46)80/h12-101H,1-11H2/t12-,13-,14-,15-,16-,17-,18-,19-,20-,21-,22-,23-,24+,25-,26-,27-,28-,29-,30-,31-,32-,33-,34-,35-,36-,37-,38-,39-,40-,41-,42-,43-,44-,45-,46-,47-,48-,49-,50-,51-,52-,53-,54-,55-,56?,57-,58-,59-,60-,61-,62-,63-,64-,65-,66-/m1/s1. The van der Waals surface area contributed by atoms with Crippen LogP contribution in [0.25, 0.3) is 0 Å². The van der Waals surface area contributed by atoms with Gasteiger partial charge in [0.1, 0.15) is 269 Å². The van der Waals surface area contributed by atoms with Gasteiger partial charge in [-0.2, -0.15) is 0 Å². The predicted molar refractivity (Wildman–Crippen MR) is 362 cm³/mol. The minimum Gasteiger partial charge on any atom is -0.394 e. The molecule has 11 aliphatic heterocycles. The molecule has 56 nitrogen and oxygen atoms in total. The van der Waals surface area contributed by atoms with Gasteiger partial charge in [-0.1, -0.05) is 0 Å². The quantitative estimate of drug-likeness (QED) is 0.0306. The highest BCUT2D eigenvalue weighted by Crippen LogP contribution is 2.42. The summed E-state index contributed by atoms with van der Waals surface area (Å²) < 4.78 is 118. The van der Waals surface area contributed by atoms with Gasteiger partial charge in [0.2, 0.25) is 0 Å². The molecule has 11 saturated heterocycles. The number of rotatable bonds is 31. The van der Waals surface area contributed by atoms with E-state index in [1.54, 1.807) is 0 Å². The number of hydrogen-bond donors (Lipinski definition) is 35. The van der Waals surface area contributed by atoms with Crippen molar-refractivity contribution in [3.8, 4) is 0 Å². The van der Waals surface area contributed by atoms with Crippen LogP contribution in [-0.4, -0.2) is 589 Å². The summed E-state index contributed by atoms with van der Waals surface area (Å²) in [6.07, 6.45) is -112. The van der Waals surface area contributed by atoms with Gasteiger partial charge in [-0.25, -0.2) is 0 Å². The Bertz CT molecular complexity index is 3060. The summed E-state index contributed by atoms with van der Waals surface area (Å²) in [6.45, 7) is -11.8. The van der Waals surface area contributed by atoms with Crippen LogP contribution in [0.5, 0.6) is 0 Å². The van der Waals surface area contributed by atoms with Crippen LogP contribution in [-0.2, 0) is 99.5 Å². The van der Waals surface area contributed by atoms with Crippen molar-refractivity contribution in [1.29, 1.82) is 0 Å². The van der Waals surface area contributed by atoms with Crippen molar-refractivity contribution in [3.05, 3.63) is 0 Å². The molecule has 0 radical (unpaired) electrons. The minimum absolute atomic E-state index is 0.875. The van der Waals surface area contributed by atoms with Gasteiger partial charge in [-0.15, -0.1) is 0 Å². The maximum absolute atomic E-state index is 11.5. The molecule has 0 amide bonds. The van der Waals surface area contributed by atoms with Gasteiger partial charge < -0.3 is 278 Å². The van der Waals surface area contributed by atoms with Crippen LogP contribution in [0.1, 0.15) is 0 Å². The van der Waals surface area contributed by atoms with Crippen LogP contribution < -0.4 is 0 Å². The van der Waals surface area contributed by atoms with E-state index >= 15 is 0 Å². The van der Waals surface area contributed by atoms with Gasteiger partial charge in [-0.3, -0.25) is 0 Å². The fourth-order valence-corrected chi connectivity index (χ4v) is 16.0. The number of aliphatic hydroxyl groups excluding tert-OH is 35. The molecule has 11 aliphatic rings. The average Bonchev–Trinajstić information content (AvgIpc) is 0.789. The molecule has 1 unspecified atom stereocenters. The van der Waals surface area contributed by atoms with Crippen LogP contribution in [0.3, 0.4) is 0 Å². The summed E-state index contributed by atoms with van der Waals surface area (Å²) >= 11 is 0. The normalized spacial score (nSPS) is 53.8. The number of aliphatic hydroxyl groups is 35. The lowest BCUT2D eigenvalue weighted by Gasteiger charge is -2.50.